The van der Waals surface area contributed by atoms with Crippen LogP contribution in [0.2, 0.25) is 0 Å². The summed E-state index contributed by atoms with van der Waals surface area (Å²) in [7, 11) is 2.17. The first-order chi connectivity index (χ1) is 16.3. The van der Waals surface area contributed by atoms with Gasteiger partial charge >= 0.3 is 0 Å². The molecule has 6 rings (SSSR count). The topological polar surface area (TPSA) is 27.2 Å². The van der Waals surface area contributed by atoms with Crippen LogP contribution in [0.1, 0.15) is 37.5 Å². The fourth-order valence-corrected chi connectivity index (χ4v) is 5.51. The molecule has 6 aromatic rings. The molecule has 0 saturated heterocycles. The maximum atomic E-state index is 5.00. The molecule has 3 aromatic heterocycles. The van der Waals surface area contributed by atoms with E-state index in [0.29, 0.717) is 0 Å². The van der Waals surface area contributed by atoms with E-state index in [4.69, 9.17) is 4.98 Å². The van der Waals surface area contributed by atoms with Crippen molar-refractivity contribution in [3.63, 3.8) is 0 Å². The van der Waals surface area contributed by atoms with E-state index in [2.05, 4.69) is 116 Å². The average molecular weight is 638 g/mol. The molecule has 3 aromatic carbocycles. The van der Waals surface area contributed by atoms with Crippen LogP contribution >= 0.6 is 0 Å². The first kappa shape index (κ1) is 23.6. The Balaban J connectivity index is 0.00000253. The largest absolute Gasteiger partial charge is 0.315 e. The summed E-state index contributed by atoms with van der Waals surface area (Å²) in [6.45, 7) is 11.2. The Bertz CT molecular complexity index is 1750. The molecule has 0 N–H and O–H groups in total. The van der Waals surface area contributed by atoms with Crippen LogP contribution in [0.4, 0.5) is 0 Å². The van der Waals surface area contributed by atoms with Crippen molar-refractivity contribution in [1.29, 1.82) is 0 Å². The fraction of sp³-hybridized carbons (Fsp3) is 0.233. The van der Waals surface area contributed by atoms with Crippen molar-refractivity contribution >= 4 is 38.5 Å². The zero-order valence-corrected chi connectivity index (χ0v) is 23.4. The van der Waals surface area contributed by atoms with Gasteiger partial charge in [0.05, 0.1) is 16.7 Å². The number of benzene rings is 3. The van der Waals surface area contributed by atoms with Gasteiger partial charge < -0.3 is 4.40 Å². The molecule has 0 unspecified atom stereocenters. The van der Waals surface area contributed by atoms with Crippen LogP contribution in [0.3, 0.4) is 0 Å². The van der Waals surface area contributed by atoms with Crippen molar-refractivity contribution in [1.82, 2.24) is 18.7 Å². The smallest absolute Gasteiger partial charge is 0.161 e. The summed E-state index contributed by atoms with van der Waals surface area (Å²) >= 11 is 0. The number of para-hydroxylation sites is 3. The van der Waals surface area contributed by atoms with Gasteiger partial charge in [-0.3, -0.25) is 9.36 Å². The summed E-state index contributed by atoms with van der Waals surface area (Å²) in [4.78, 5) is 5.00. The Labute approximate surface area is 219 Å². The second-order valence-electron chi connectivity index (χ2n) is 10.3. The van der Waals surface area contributed by atoms with E-state index in [1.54, 1.807) is 0 Å². The third-order valence-corrected chi connectivity index (χ3v) is 7.01. The normalized spacial score (nSPS) is 12.1. The Morgan fingerprint density at radius 1 is 0.829 bits per heavy atom. The number of aryl methyl sites for hydroxylation is 3. The summed E-state index contributed by atoms with van der Waals surface area (Å²) < 4.78 is 6.99. The zero-order valence-electron chi connectivity index (χ0n) is 21.0. The molecular weight excluding hydrogens is 609 g/mol. The molecule has 0 fully saturated rings. The minimum absolute atomic E-state index is 0. The zero-order chi connectivity index (χ0) is 23.8. The van der Waals surface area contributed by atoms with Gasteiger partial charge in [0.25, 0.3) is 0 Å². The van der Waals surface area contributed by atoms with Crippen LogP contribution in [-0.2, 0) is 32.6 Å². The number of hydrogen-bond acceptors (Lipinski definition) is 1. The Morgan fingerprint density at radius 3 is 2.23 bits per heavy atom. The van der Waals surface area contributed by atoms with Gasteiger partial charge in [0.15, 0.2) is 5.65 Å². The van der Waals surface area contributed by atoms with E-state index < -0.39 is 0 Å². The van der Waals surface area contributed by atoms with Crippen molar-refractivity contribution in [3.05, 3.63) is 89.6 Å². The standard InChI is InChI=1S/C30H29N4.Ir/c1-19-11-9-12-20(2)26(19)34-25-16-10-14-22-21-13-7-8-15-24(21)33(27(22)25)29-28(32(34)6)23(17-18-31-29)30(3,4)5;/h7-14,16-18H,1-6H3;/q-1;. The minimum atomic E-state index is -0.0595. The van der Waals surface area contributed by atoms with E-state index in [-0.39, 0.29) is 25.5 Å². The van der Waals surface area contributed by atoms with Crippen molar-refractivity contribution in [2.24, 2.45) is 7.05 Å². The van der Waals surface area contributed by atoms with Crippen molar-refractivity contribution < 1.29 is 20.1 Å². The number of pyridine rings is 1. The second kappa shape index (κ2) is 8.22. The maximum Gasteiger partial charge on any atom is 0.161 e. The third-order valence-electron chi connectivity index (χ3n) is 7.01. The Hall–Kier alpha value is -3.14. The molecule has 179 valence electrons. The first-order valence-electron chi connectivity index (χ1n) is 11.8. The summed E-state index contributed by atoms with van der Waals surface area (Å²) in [5, 5.41) is 2.41. The summed E-state index contributed by atoms with van der Waals surface area (Å²) in [5.41, 5.74) is 10.3. The molecular formula is C30H29IrN4-. The molecule has 3 heterocycles. The number of fused-ring (bicyclic) bond motifs is 5. The Kier molecular flexibility index (Phi) is 5.54. The van der Waals surface area contributed by atoms with Gasteiger partial charge in [0.1, 0.15) is 5.52 Å². The van der Waals surface area contributed by atoms with Gasteiger partial charge in [-0.1, -0.05) is 56.6 Å². The summed E-state index contributed by atoms with van der Waals surface area (Å²) in [5.74, 6) is 0. The van der Waals surface area contributed by atoms with Gasteiger partial charge in [0, 0.05) is 33.3 Å². The molecule has 0 aliphatic carbocycles. The van der Waals surface area contributed by atoms with Gasteiger partial charge in [-0.05, 0) is 53.5 Å². The average Bonchev–Trinajstić information content (AvgIpc) is 3.09. The predicted octanol–water partition coefficient (Wildman–Crippen LogP) is 7.20. The van der Waals surface area contributed by atoms with Gasteiger partial charge in [-0.2, -0.15) is 24.3 Å². The molecule has 0 aliphatic heterocycles. The van der Waals surface area contributed by atoms with E-state index in [1.165, 1.54) is 33.2 Å². The quantitative estimate of drug-likeness (QED) is 0.175. The van der Waals surface area contributed by atoms with Crippen LogP contribution in [0, 0.1) is 19.9 Å². The molecule has 5 heteroatoms. The molecule has 4 nitrogen and oxygen atoms in total. The molecule has 0 spiro atoms. The maximum absolute atomic E-state index is 5.00. The molecule has 1 radical (unpaired) electrons. The van der Waals surface area contributed by atoms with Crippen molar-refractivity contribution in [2.45, 2.75) is 40.0 Å². The molecule has 0 bridgehead atoms. The molecule has 0 amide bonds. The van der Waals surface area contributed by atoms with Crippen LogP contribution in [0.25, 0.3) is 44.2 Å². The molecule has 0 atom stereocenters. The van der Waals surface area contributed by atoms with Crippen molar-refractivity contribution in [3.8, 4) is 5.69 Å². The van der Waals surface area contributed by atoms with Crippen LogP contribution in [0.5, 0.6) is 0 Å². The third kappa shape index (κ3) is 3.33. The molecule has 0 saturated carbocycles. The predicted molar refractivity (Wildman–Crippen MR) is 142 cm³/mol. The van der Waals surface area contributed by atoms with Gasteiger partial charge in [0.2, 0.25) is 0 Å². The number of nitrogens with zero attached hydrogens (tertiary/aromatic N) is 4. The number of hydrogen-bond donors (Lipinski definition) is 0. The summed E-state index contributed by atoms with van der Waals surface area (Å²) in [6, 6.07) is 25.1. The van der Waals surface area contributed by atoms with E-state index in [9.17, 15) is 0 Å². The Morgan fingerprint density at radius 2 is 1.51 bits per heavy atom. The van der Waals surface area contributed by atoms with E-state index in [0.717, 1.165) is 27.7 Å². The number of rotatable bonds is 1. The SMILES string of the molecule is Cc1cccc(C)c1-n1c2cccc3c4ccc[c-]c4n(c4nccc(C(C)(C)C)c4n1C)c32.[Ir]. The van der Waals surface area contributed by atoms with Crippen molar-refractivity contribution in [2.75, 3.05) is 0 Å². The van der Waals surface area contributed by atoms with Gasteiger partial charge in [-0.15, -0.1) is 5.39 Å². The van der Waals surface area contributed by atoms with E-state index in [1.807, 2.05) is 12.3 Å². The molecule has 0 aliphatic rings. The van der Waals surface area contributed by atoms with Crippen LogP contribution < -0.4 is 0 Å². The van der Waals surface area contributed by atoms with Crippen LogP contribution in [-0.4, -0.2) is 18.7 Å². The molecule has 35 heavy (non-hydrogen) atoms. The van der Waals surface area contributed by atoms with Gasteiger partial charge in [-0.25, -0.2) is 4.98 Å². The van der Waals surface area contributed by atoms with Crippen LogP contribution in [0.15, 0.2) is 66.9 Å². The summed E-state index contributed by atoms with van der Waals surface area (Å²) in [6.07, 6.45) is 1.95. The first-order valence-corrected chi connectivity index (χ1v) is 11.8. The second-order valence-corrected chi connectivity index (χ2v) is 10.3. The fourth-order valence-electron chi connectivity index (χ4n) is 5.51. The van der Waals surface area contributed by atoms with E-state index >= 15 is 0 Å². The minimum Gasteiger partial charge on any atom is -0.315 e. The number of aromatic nitrogens is 4. The monoisotopic (exact) mass is 638 g/mol.